The number of rotatable bonds is 12. The van der Waals surface area contributed by atoms with Gasteiger partial charge < -0.3 is 29.7 Å². The van der Waals surface area contributed by atoms with E-state index in [2.05, 4.69) is 235 Å². The molecule has 0 nitrogen and oxygen atoms in total. The van der Waals surface area contributed by atoms with Crippen molar-refractivity contribution in [2.75, 3.05) is 0 Å². The van der Waals surface area contributed by atoms with Crippen molar-refractivity contribution < 1.29 is 41.7 Å². The fourth-order valence-corrected chi connectivity index (χ4v) is 41.4. The van der Waals surface area contributed by atoms with Crippen LogP contribution in [0.3, 0.4) is 0 Å². The van der Waals surface area contributed by atoms with E-state index in [-0.39, 0.29) is 51.4 Å². The predicted octanol–water partition coefficient (Wildman–Crippen LogP) is 31.1. The quantitative estimate of drug-likeness (QED) is 0.0980. The summed E-state index contributed by atoms with van der Waals surface area (Å²) in [4.78, 5) is 0. The monoisotopic (exact) mass is 1630 g/mol. The van der Waals surface area contributed by atoms with Crippen LogP contribution in [0.15, 0.2) is 97.1 Å². The van der Waals surface area contributed by atoms with E-state index in [1.54, 1.807) is 28.3 Å². The van der Waals surface area contributed by atoms with E-state index in [9.17, 15) is 0 Å². The molecular formula is C92H148Cl4Si2Zr2. The average Bonchev–Trinajstić information content (AvgIpc) is 1.55. The summed E-state index contributed by atoms with van der Waals surface area (Å²) in [6.45, 7) is 50.0. The molecule has 0 bridgehead atoms. The molecule has 0 amide bonds. The van der Waals surface area contributed by atoms with Gasteiger partial charge in [0.1, 0.15) is 0 Å². The molecule has 20 unspecified atom stereocenters. The maximum atomic E-state index is 4.93. The first-order valence-corrected chi connectivity index (χ1v) is 57.8. The van der Waals surface area contributed by atoms with Crippen LogP contribution in [0.5, 0.6) is 0 Å². The Labute approximate surface area is 660 Å². The van der Waals surface area contributed by atoms with Crippen molar-refractivity contribution in [2.24, 2.45) is 71.0 Å². The second-order valence-corrected chi connectivity index (χ2v) is 55.8. The molecule has 0 saturated heterocycles. The molecular weight excluding hydrogens is 1490 g/mol. The van der Waals surface area contributed by atoms with Gasteiger partial charge in [-0.25, -0.2) is 0 Å². The van der Waals surface area contributed by atoms with Gasteiger partial charge in [0.05, 0.1) is 16.1 Å². The zero-order valence-corrected chi connectivity index (χ0v) is 78.4. The Morgan fingerprint density at radius 2 is 0.530 bits per heavy atom. The summed E-state index contributed by atoms with van der Waals surface area (Å²) in [5.74, 6) is 14.3. The first-order chi connectivity index (χ1) is 45.4. The Balaban J connectivity index is 0.000000322. The van der Waals surface area contributed by atoms with Gasteiger partial charge in [0.25, 0.3) is 0 Å². The van der Waals surface area contributed by atoms with E-state index in [4.69, 9.17) is 34.1 Å². The van der Waals surface area contributed by atoms with Gasteiger partial charge in [0.15, 0.2) is 0 Å². The molecule has 8 saturated carbocycles. The van der Waals surface area contributed by atoms with Gasteiger partial charge in [-0.15, -0.1) is 0 Å². The third-order valence-electron chi connectivity index (χ3n) is 29.1. The van der Waals surface area contributed by atoms with Gasteiger partial charge in [-0.3, -0.25) is 0 Å². The second kappa shape index (κ2) is 38.2. The van der Waals surface area contributed by atoms with Crippen molar-refractivity contribution in [3.8, 4) is 0 Å². The van der Waals surface area contributed by atoms with E-state index < -0.39 is 57.8 Å². The summed E-state index contributed by atoms with van der Waals surface area (Å²) in [6.07, 6.45) is 24.9. The fraction of sp³-hybridized carbons (Fsp3) is 0.696. The molecule has 0 aliphatic heterocycles. The van der Waals surface area contributed by atoms with Crippen LogP contribution < -0.4 is 0 Å². The number of fused-ring (bicyclic) bond motifs is 4. The van der Waals surface area contributed by atoms with E-state index >= 15 is 0 Å². The number of hydrogen-bond acceptors (Lipinski definition) is 0. The summed E-state index contributed by atoms with van der Waals surface area (Å²) < 4.78 is 0. The Kier molecular flexibility index (Phi) is 34.8. The summed E-state index contributed by atoms with van der Waals surface area (Å²) in [7, 11) is 16.6. The molecule has 0 aromatic heterocycles. The average molecular weight is 1630 g/mol. The molecule has 0 radical (unpaired) electrons. The van der Waals surface area contributed by atoms with Crippen LogP contribution in [-0.2, 0) is 63.4 Å². The van der Waals surface area contributed by atoms with Gasteiger partial charge in [0.2, 0.25) is 0 Å². The summed E-state index contributed by atoms with van der Waals surface area (Å²) in [5.41, 5.74) is 17.6. The van der Waals surface area contributed by atoms with Crippen molar-refractivity contribution in [2.45, 2.75) is 333 Å². The van der Waals surface area contributed by atoms with Crippen LogP contribution in [0, 0.1) is 101 Å². The minimum atomic E-state index is -1.55. The number of benzene rings is 4. The van der Waals surface area contributed by atoms with Crippen LogP contribution in [-0.4, -0.2) is 16.1 Å². The van der Waals surface area contributed by atoms with E-state index in [0.717, 1.165) is 117 Å². The van der Waals surface area contributed by atoms with Crippen LogP contribution in [0.25, 0.3) is 0 Å². The standard InChI is InChI=1S/2C44H68Si.4CH3.4ClH.2Zr/c1-11-26-45(10,41-29(2)27-39-35(14-12-16-37(39)41)31-18-22-33(23-19-31)43(4,5)6)42-30(3)28-40-36(15-13-17-38(40)42)32-20-24-34(25-21-32)44(7,8)9;1-11-45(12-2,41-29(3)27-39-35(15-13-17-37(39)41)31-19-23-33(24-20-31)43(5,6)7)42-30(4)28-40-36(16-14-18-38(40)42)32-21-25-34(26-22-32)44(8,9)10;;;;;;;;;;/h18-25,29-30,35-42H,11-17,26-28H2,1-10H3;19-26,29-30,35-42H,11-18,27-28H2,1-10H3;4*1H3;4*1H;;/q;;4*-1;;;;;2*+4/p-4. The molecule has 0 N–H and O–H groups in total. The Morgan fingerprint density at radius 3 is 0.720 bits per heavy atom. The predicted molar refractivity (Wildman–Crippen MR) is 447 cm³/mol. The second-order valence-electron chi connectivity index (χ2n) is 38.2. The molecule has 12 rings (SSSR count). The molecule has 8 aliphatic carbocycles. The van der Waals surface area contributed by atoms with Crippen molar-refractivity contribution in [1.82, 2.24) is 0 Å². The molecule has 8 heteroatoms. The molecule has 560 valence electrons. The zero-order chi connectivity index (χ0) is 70.0. The maximum absolute atomic E-state index is 4.93. The van der Waals surface area contributed by atoms with Crippen molar-refractivity contribution in [3.63, 3.8) is 0 Å². The third kappa shape index (κ3) is 19.5. The Hall–Kier alpha value is 0.240. The molecule has 4 aromatic carbocycles. The SMILES string of the molecule is CCC[Si](C)(C1C(C)CC2C(c3ccc(C(C)(C)C)cc3)CCCC21)C1C(C)CC2C(c3ccc(C(C)(C)C)cc3)CCCC21.CC[Si](CC)(C1C(C)CC2C(c3ccc(C(C)(C)C)cc3)CCCC21)C1C(C)CC2C(c3ccc(C(C)(C)C)cc3)CCCC21.[CH3-].[CH3-].[CH3-].[CH3-].[Cl][Zr+2][Cl].[Cl][Zr+2][Cl]. The van der Waals surface area contributed by atoms with E-state index in [0.29, 0.717) is 0 Å². The van der Waals surface area contributed by atoms with Gasteiger partial charge in [-0.2, -0.15) is 0 Å². The topological polar surface area (TPSA) is 0 Å². The first kappa shape index (κ1) is 90.9. The normalized spacial score (nSPS) is 32.8. The van der Waals surface area contributed by atoms with Crippen molar-refractivity contribution >= 4 is 50.2 Å². The van der Waals surface area contributed by atoms with Gasteiger partial charge in [0, 0.05) is 0 Å². The van der Waals surface area contributed by atoms with Gasteiger partial charge in [-0.05, 0) is 234 Å². The third-order valence-corrected chi connectivity index (χ3v) is 43.0. The van der Waals surface area contributed by atoms with Crippen LogP contribution in [0.4, 0.5) is 0 Å². The molecule has 8 fully saturated rings. The minimum absolute atomic E-state index is 0. The first-order valence-electron chi connectivity index (χ1n) is 39.7. The van der Waals surface area contributed by atoms with Crippen molar-refractivity contribution in [1.29, 1.82) is 0 Å². The molecule has 0 spiro atoms. The molecule has 100 heavy (non-hydrogen) atoms. The Morgan fingerprint density at radius 1 is 0.330 bits per heavy atom. The van der Waals surface area contributed by atoms with E-state index in [1.807, 2.05) is 0 Å². The molecule has 8 aliphatic rings. The number of hydrogen-bond donors (Lipinski definition) is 0. The fourth-order valence-electron chi connectivity index (χ4n) is 25.7. The number of halogens is 4. The van der Waals surface area contributed by atoms with Crippen LogP contribution in [0.2, 0.25) is 46.8 Å². The van der Waals surface area contributed by atoms with Crippen molar-refractivity contribution in [3.05, 3.63) is 171 Å². The molecule has 0 heterocycles. The van der Waals surface area contributed by atoms with Crippen LogP contribution in [0.1, 0.15) is 309 Å². The van der Waals surface area contributed by atoms with E-state index in [1.165, 1.54) is 143 Å². The molecule has 4 aromatic rings. The molecule has 20 atom stereocenters. The van der Waals surface area contributed by atoms with Gasteiger partial charge in [-0.1, -0.05) is 311 Å². The Bertz CT molecular complexity index is 2830. The van der Waals surface area contributed by atoms with Crippen LogP contribution >= 0.6 is 34.1 Å². The summed E-state index contributed by atoms with van der Waals surface area (Å²) in [6, 6.07) is 44.6. The van der Waals surface area contributed by atoms with Gasteiger partial charge >= 0.3 is 75.7 Å². The summed E-state index contributed by atoms with van der Waals surface area (Å²) in [5, 5.41) is 0. The zero-order valence-electron chi connectivity index (χ0n) is 68.4. The summed E-state index contributed by atoms with van der Waals surface area (Å²) >= 11 is -1.65.